The Hall–Kier alpha value is -1.39. The lowest BCUT2D eigenvalue weighted by molar-refractivity contribution is 0.0530. The zero-order valence-corrected chi connectivity index (χ0v) is 14.8. The van der Waals surface area contributed by atoms with Crippen molar-refractivity contribution in [1.29, 1.82) is 0 Å². The van der Waals surface area contributed by atoms with E-state index in [-0.39, 0.29) is 5.82 Å². The molecule has 22 heavy (non-hydrogen) atoms. The minimum atomic E-state index is -0.872. The normalized spacial score (nSPS) is 13.8. The Morgan fingerprint density at radius 2 is 1.77 bits per heavy atom. The van der Waals surface area contributed by atoms with E-state index in [0.29, 0.717) is 17.9 Å². The molecular formula is C18H20BrFO2. The number of rotatable bonds is 4. The molecule has 1 atom stereocenters. The van der Waals surface area contributed by atoms with E-state index < -0.39 is 5.60 Å². The molecule has 2 aromatic carbocycles. The van der Waals surface area contributed by atoms with Crippen molar-refractivity contribution in [2.24, 2.45) is 0 Å². The smallest absolute Gasteiger partial charge is 0.141 e. The van der Waals surface area contributed by atoms with Crippen molar-refractivity contribution in [3.05, 3.63) is 57.3 Å². The third kappa shape index (κ3) is 3.50. The largest absolute Gasteiger partial charge is 0.456 e. The lowest BCUT2D eigenvalue weighted by Crippen LogP contribution is -2.19. The fourth-order valence-electron chi connectivity index (χ4n) is 2.29. The summed E-state index contributed by atoms with van der Waals surface area (Å²) in [6.07, 6.45) is 0.621. The monoisotopic (exact) mass is 366 g/mol. The van der Waals surface area contributed by atoms with Gasteiger partial charge in [-0.1, -0.05) is 13.0 Å². The van der Waals surface area contributed by atoms with Crippen LogP contribution in [0.1, 0.15) is 37.0 Å². The van der Waals surface area contributed by atoms with Crippen LogP contribution in [0.5, 0.6) is 11.5 Å². The third-order valence-electron chi connectivity index (χ3n) is 3.88. The van der Waals surface area contributed by atoms with Gasteiger partial charge in [0.1, 0.15) is 17.3 Å². The van der Waals surface area contributed by atoms with Crippen molar-refractivity contribution >= 4 is 15.9 Å². The lowest BCUT2D eigenvalue weighted by atomic mass is 9.93. The lowest BCUT2D eigenvalue weighted by Gasteiger charge is -2.23. The van der Waals surface area contributed by atoms with Crippen molar-refractivity contribution in [3.63, 3.8) is 0 Å². The number of aliphatic hydroxyl groups is 1. The van der Waals surface area contributed by atoms with Crippen LogP contribution in [-0.4, -0.2) is 5.11 Å². The van der Waals surface area contributed by atoms with Crippen LogP contribution in [0.4, 0.5) is 4.39 Å². The summed E-state index contributed by atoms with van der Waals surface area (Å²) in [7, 11) is 0. The first-order valence-electron chi connectivity index (χ1n) is 7.21. The predicted molar refractivity (Wildman–Crippen MR) is 90.0 cm³/mol. The van der Waals surface area contributed by atoms with Crippen LogP contribution >= 0.6 is 15.9 Å². The number of halogens is 2. The van der Waals surface area contributed by atoms with Gasteiger partial charge < -0.3 is 9.84 Å². The summed E-state index contributed by atoms with van der Waals surface area (Å²) in [5.41, 5.74) is 1.44. The van der Waals surface area contributed by atoms with Gasteiger partial charge in [-0.3, -0.25) is 0 Å². The second-order valence-corrected chi connectivity index (χ2v) is 6.60. The second kappa shape index (κ2) is 6.39. The molecule has 0 heterocycles. The topological polar surface area (TPSA) is 29.5 Å². The van der Waals surface area contributed by atoms with Gasteiger partial charge >= 0.3 is 0 Å². The molecule has 2 rings (SSSR count). The van der Waals surface area contributed by atoms with Gasteiger partial charge in [0.05, 0.1) is 10.1 Å². The van der Waals surface area contributed by atoms with Crippen LogP contribution in [0.3, 0.4) is 0 Å². The van der Waals surface area contributed by atoms with Crippen LogP contribution in [0.15, 0.2) is 34.8 Å². The van der Waals surface area contributed by atoms with E-state index in [9.17, 15) is 9.50 Å². The second-order valence-electron chi connectivity index (χ2n) is 5.74. The molecule has 0 aliphatic rings. The quantitative estimate of drug-likeness (QED) is 0.761. The van der Waals surface area contributed by atoms with E-state index in [1.807, 2.05) is 39.0 Å². The Kier molecular flexibility index (Phi) is 4.93. The number of hydrogen-bond acceptors (Lipinski definition) is 2. The van der Waals surface area contributed by atoms with Crippen molar-refractivity contribution in [2.45, 2.75) is 39.7 Å². The SMILES string of the molecule is CCC(C)(O)c1ccc(Oc2c(C)cc(F)cc2C)c(Br)c1. The number of aryl methyl sites for hydroxylation is 2. The molecule has 1 N–H and O–H groups in total. The summed E-state index contributed by atoms with van der Waals surface area (Å²) in [5.74, 6) is 1.02. The maximum absolute atomic E-state index is 13.4. The molecule has 0 spiro atoms. The summed E-state index contributed by atoms with van der Waals surface area (Å²) in [6, 6.07) is 8.41. The summed E-state index contributed by atoms with van der Waals surface area (Å²) in [4.78, 5) is 0. The van der Waals surface area contributed by atoms with E-state index >= 15 is 0 Å². The number of hydrogen-bond donors (Lipinski definition) is 1. The molecule has 0 bridgehead atoms. The average Bonchev–Trinajstić information content (AvgIpc) is 2.44. The minimum Gasteiger partial charge on any atom is -0.456 e. The van der Waals surface area contributed by atoms with Crippen molar-refractivity contribution in [1.82, 2.24) is 0 Å². The molecule has 0 aliphatic carbocycles. The molecule has 2 nitrogen and oxygen atoms in total. The van der Waals surface area contributed by atoms with Crippen LogP contribution in [0.2, 0.25) is 0 Å². The highest BCUT2D eigenvalue weighted by Gasteiger charge is 2.21. The molecule has 0 radical (unpaired) electrons. The first-order valence-corrected chi connectivity index (χ1v) is 8.01. The van der Waals surface area contributed by atoms with Crippen LogP contribution in [0.25, 0.3) is 0 Å². The van der Waals surface area contributed by atoms with Gasteiger partial charge in [-0.05, 0) is 84.1 Å². The molecule has 0 fully saturated rings. The van der Waals surface area contributed by atoms with E-state index in [0.717, 1.165) is 21.2 Å². The Morgan fingerprint density at radius 1 is 1.18 bits per heavy atom. The summed E-state index contributed by atoms with van der Waals surface area (Å²) in [6.45, 7) is 7.35. The molecular weight excluding hydrogens is 347 g/mol. The highest BCUT2D eigenvalue weighted by molar-refractivity contribution is 9.10. The van der Waals surface area contributed by atoms with Gasteiger partial charge in [-0.2, -0.15) is 0 Å². The summed E-state index contributed by atoms with van der Waals surface area (Å²) in [5, 5.41) is 10.3. The minimum absolute atomic E-state index is 0.268. The third-order valence-corrected chi connectivity index (χ3v) is 4.50. The van der Waals surface area contributed by atoms with Crippen LogP contribution in [-0.2, 0) is 5.60 Å². The Balaban J connectivity index is 2.36. The van der Waals surface area contributed by atoms with E-state index in [1.165, 1.54) is 12.1 Å². The van der Waals surface area contributed by atoms with Gasteiger partial charge in [0.2, 0.25) is 0 Å². The zero-order valence-electron chi connectivity index (χ0n) is 13.2. The fraction of sp³-hybridized carbons (Fsp3) is 0.333. The molecule has 0 aromatic heterocycles. The van der Waals surface area contributed by atoms with Crippen LogP contribution < -0.4 is 4.74 Å². The molecule has 118 valence electrons. The van der Waals surface area contributed by atoms with Gasteiger partial charge in [-0.25, -0.2) is 4.39 Å². The van der Waals surface area contributed by atoms with E-state index in [4.69, 9.17) is 4.74 Å². The van der Waals surface area contributed by atoms with Crippen molar-refractivity contribution in [2.75, 3.05) is 0 Å². The highest BCUT2D eigenvalue weighted by atomic mass is 79.9. The van der Waals surface area contributed by atoms with E-state index in [1.54, 1.807) is 6.92 Å². The standard InChI is InChI=1S/C18H20BrFO2/c1-5-18(4,21)13-6-7-16(15(19)10-13)22-17-11(2)8-14(20)9-12(17)3/h6-10,21H,5H2,1-4H3. The molecule has 1 unspecified atom stereocenters. The van der Waals surface area contributed by atoms with Crippen molar-refractivity contribution < 1.29 is 14.2 Å². The van der Waals surface area contributed by atoms with Gasteiger partial charge in [0.25, 0.3) is 0 Å². The first-order chi connectivity index (χ1) is 10.2. The number of ether oxygens (including phenoxy) is 1. The predicted octanol–water partition coefficient (Wildman–Crippen LogP) is 5.61. The van der Waals surface area contributed by atoms with Crippen LogP contribution in [0, 0.1) is 19.7 Å². The Labute approximate surface area is 139 Å². The van der Waals surface area contributed by atoms with Crippen molar-refractivity contribution in [3.8, 4) is 11.5 Å². The molecule has 0 amide bonds. The fourth-order valence-corrected chi connectivity index (χ4v) is 2.75. The van der Waals surface area contributed by atoms with E-state index in [2.05, 4.69) is 15.9 Å². The highest BCUT2D eigenvalue weighted by Crippen LogP contribution is 2.36. The molecule has 0 saturated heterocycles. The number of benzene rings is 2. The Morgan fingerprint density at radius 3 is 2.27 bits per heavy atom. The molecule has 0 aliphatic heterocycles. The van der Waals surface area contributed by atoms with Gasteiger partial charge in [-0.15, -0.1) is 0 Å². The molecule has 0 saturated carbocycles. The Bertz CT molecular complexity index is 672. The zero-order chi connectivity index (χ0) is 16.5. The summed E-state index contributed by atoms with van der Waals surface area (Å²) >= 11 is 3.48. The maximum atomic E-state index is 13.4. The maximum Gasteiger partial charge on any atom is 0.141 e. The molecule has 2 aromatic rings. The van der Waals surface area contributed by atoms with Gasteiger partial charge in [0, 0.05) is 0 Å². The molecule has 4 heteroatoms. The average molecular weight is 367 g/mol. The summed E-state index contributed by atoms with van der Waals surface area (Å²) < 4.78 is 20.0. The van der Waals surface area contributed by atoms with Gasteiger partial charge in [0.15, 0.2) is 0 Å². The first kappa shape index (κ1) is 17.0.